The van der Waals surface area contributed by atoms with E-state index in [9.17, 15) is 18.8 Å². The van der Waals surface area contributed by atoms with E-state index in [1.807, 2.05) is 60.7 Å². The van der Waals surface area contributed by atoms with Gasteiger partial charge < -0.3 is 10.4 Å². The number of aliphatic carboxylic acids is 1. The van der Waals surface area contributed by atoms with Gasteiger partial charge in [-0.25, -0.2) is 9.45 Å². The van der Waals surface area contributed by atoms with Gasteiger partial charge in [0.1, 0.15) is 19.0 Å². The van der Waals surface area contributed by atoms with Crippen molar-refractivity contribution in [2.45, 2.75) is 26.0 Å². The van der Waals surface area contributed by atoms with E-state index in [-0.39, 0.29) is 26.0 Å². The zero-order valence-corrected chi connectivity index (χ0v) is 19.1. The number of carbonyl (C=O) groups is 3. The Balaban J connectivity index is 1.77. The zero-order chi connectivity index (χ0) is 25.0. The van der Waals surface area contributed by atoms with Crippen molar-refractivity contribution in [3.8, 4) is 0 Å². The van der Waals surface area contributed by atoms with E-state index in [0.717, 1.165) is 11.1 Å². The fourth-order valence-corrected chi connectivity index (χ4v) is 3.46. The molecule has 3 aromatic carbocycles. The average Bonchev–Trinajstić information content (AvgIpc) is 2.87. The summed E-state index contributed by atoms with van der Waals surface area (Å²) < 4.78 is 13.4. The van der Waals surface area contributed by atoms with E-state index in [1.165, 1.54) is 17.2 Å². The first-order valence-electron chi connectivity index (χ1n) is 11.2. The van der Waals surface area contributed by atoms with Crippen LogP contribution in [0, 0.1) is 11.7 Å². The molecule has 0 radical (unpaired) electrons. The second-order valence-electron chi connectivity index (χ2n) is 8.02. The van der Waals surface area contributed by atoms with Gasteiger partial charge in [-0.1, -0.05) is 72.8 Å². The molecule has 0 bridgehead atoms. The molecule has 1 atom stereocenters. The molecule has 2 amide bonds. The number of carbonyl (C=O) groups excluding carboxylic acids is 2. The summed E-state index contributed by atoms with van der Waals surface area (Å²) in [7, 11) is 0. The zero-order valence-electron chi connectivity index (χ0n) is 19.1. The number of benzene rings is 3. The van der Waals surface area contributed by atoms with Gasteiger partial charge in [0.2, 0.25) is 11.8 Å². The lowest BCUT2D eigenvalue weighted by atomic mass is 9.94. The number of nitrogens with zero attached hydrogens (tertiary/aromatic N) is 1. The maximum absolute atomic E-state index is 13.4. The number of carboxylic acids is 1. The molecule has 3 rings (SSSR count). The highest BCUT2D eigenvalue weighted by Gasteiger charge is 2.26. The molecule has 3 aromatic rings. The predicted octanol–water partition coefficient (Wildman–Crippen LogP) is 3.74. The van der Waals surface area contributed by atoms with Crippen LogP contribution in [0.15, 0.2) is 84.9 Å². The maximum atomic E-state index is 13.4. The fraction of sp³-hybridized carbons (Fsp3) is 0.222. The van der Waals surface area contributed by atoms with Crippen molar-refractivity contribution in [2.75, 3.05) is 6.54 Å². The van der Waals surface area contributed by atoms with Crippen molar-refractivity contribution < 1.29 is 28.7 Å². The van der Waals surface area contributed by atoms with E-state index >= 15 is 0 Å². The third-order valence-electron chi connectivity index (χ3n) is 5.28. The lowest BCUT2D eigenvalue weighted by Gasteiger charge is -2.25. The molecule has 2 N–H and O–H groups in total. The lowest BCUT2D eigenvalue weighted by molar-refractivity contribution is -0.196. The van der Waals surface area contributed by atoms with Crippen LogP contribution < -0.4 is 5.32 Å². The Labute approximate surface area is 203 Å². The molecule has 0 aliphatic carbocycles. The summed E-state index contributed by atoms with van der Waals surface area (Å²) in [6.07, 6.45) is 0.0530. The highest BCUT2D eigenvalue weighted by atomic mass is 19.1. The SMILES string of the molecule is O=C(O)CNC(=O)C(CC(=O)N(Cc1ccc(F)cc1)OCc1ccccc1)Cc1ccccc1. The van der Waals surface area contributed by atoms with Crippen LogP contribution in [0.5, 0.6) is 0 Å². The van der Waals surface area contributed by atoms with Crippen molar-refractivity contribution in [2.24, 2.45) is 5.92 Å². The minimum Gasteiger partial charge on any atom is -0.480 e. The maximum Gasteiger partial charge on any atom is 0.322 e. The monoisotopic (exact) mass is 478 g/mol. The molecule has 0 saturated heterocycles. The summed E-state index contributed by atoms with van der Waals surface area (Å²) in [6.45, 7) is -0.356. The molecule has 8 heteroatoms. The Morgan fingerprint density at radius 1 is 0.857 bits per heavy atom. The number of nitrogens with one attached hydrogen (secondary N) is 1. The van der Waals surface area contributed by atoms with Gasteiger partial charge in [-0.2, -0.15) is 0 Å². The molecular formula is C27H27FN2O5. The van der Waals surface area contributed by atoms with E-state index in [0.29, 0.717) is 5.56 Å². The van der Waals surface area contributed by atoms with E-state index < -0.39 is 36.1 Å². The number of amides is 2. The van der Waals surface area contributed by atoms with Crippen LogP contribution in [0.4, 0.5) is 4.39 Å². The second-order valence-corrected chi connectivity index (χ2v) is 8.02. The topological polar surface area (TPSA) is 95.9 Å². The number of halogens is 1. The van der Waals surface area contributed by atoms with Crippen molar-refractivity contribution in [1.29, 1.82) is 0 Å². The highest BCUT2D eigenvalue weighted by Crippen LogP contribution is 2.17. The van der Waals surface area contributed by atoms with Crippen molar-refractivity contribution in [1.82, 2.24) is 10.4 Å². The van der Waals surface area contributed by atoms with Crippen LogP contribution in [0.1, 0.15) is 23.1 Å². The molecule has 7 nitrogen and oxygen atoms in total. The Morgan fingerprint density at radius 2 is 1.46 bits per heavy atom. The lowest BCUT2D eigenvalue weighted by Crippen LogP contribution is -2.39. The molecule has 35 heavy (non-hydrogen) atoms. The molecule has 1 unspecified atom stereocenters. The van der Waals surface area contributed by atoms with Crippen LogP contribution in [-0.4, -0.2) is 34.5 Å². The number of hydroxylamine groups is 2. The first-order valence-corrected chi connectivity index (χ1v) is 11.2. The largest absolute Gasteiger partial charge is 0.480 e. The molecule has 0 aliphatic heterocycles. The number of hydrogen-bond acceptors (Lipinski definition) is 4. The average molecular weight is 479 g/mol. The van der Waals surface area contributed by atoms with E-state index in [1.54, 1.807) is 12.1 Å². The molecule has 0 aromatic heterocycles. The summed E-state index contributed by atoms with van der Waals surface area (Å²) in [5.41, 5.74) is 2.35. The molecule has 0 fully saturated rings. The third-order valence-corrected chi connectivity index (χ3v) is 5.28. The van der Waals surface area contributed by atoms with Crippen LogP contribution in [0.2, 0.25) is 0 Å². The van der Waals surface area contributed by atoms with Gasteiger partial charge in [-0.05, 0) is 35.2 Å². The molecule has 0 aliphatic rings. The van der Waals surface area contributed by atoms with Gasteiger partial charge in [0, 0.05) is 6.42 Å². The number of carboxylic acid groups (broad SMARTS) is 1. The van der Waals surface area contributed by atoms with E-state index in [2.05, 4.69) is 5.32 Å². The summed E-state index contributed by atoms with van der Waals surface area (Å²) in [5, 5.41) is 12.5. The molecule has 0 saturated carbocycles. The highest BCUT2D eigenvalue weighted by molar-refractivity contribution is 5.87. The van der Waals surface area contributed by atoms with Crippen LogP contribution >= 0.6 is 0 Å². The van der Waals surface area contributed by atoms with Gasteiger partial charge >= 0.3 is 5.97 Å². The first-order chi connectivity index (χ1) is 16.9. The van der Waals surface area contributed by atoms with Crippen LogP contribution in [0.3, 0.4) is 0 Å². The molecule has 182 valence electrons. The first kappa shape index (κ1) is 25.6. The van der Waals surface area contributed by atoms with Crippen molar-refractivity contribution in [3.63, 3.8) is 0 Å². The summed E-state index contributed by atoms with van der Waals surface area (Å²) in [5.74, 6) is -3.35. The molecule has 0 spiro atoms. The van der Waals surface area contributed by atoms with Gasteiger partial charge in [0.15, 0.2) is 0 Å². The smallest absolute Gasteiger partial charge is 0.322 e. The van der Waals surface area contributed by atoms with Crippen LogP contribution in [-0.2, 0) is 38.8 Å². The van der Waals surface area contributed by atoms with Crippen molar-refractivity contribution in [3.05, 3.63) is 107 Å². The Bertz CT molecular complexity index is 1110. The third kappa shape index (κ3) is 8.68. The molecule has 0 heterocycles. The summed E-state index contributed by atoms with van der Waals surface area (Å²) in [6, 6.07) is 24.2. The van der Waals surface area contributed by atoms with E-state index in [4.69, 9.17) is 9.94 Å². The molecular weight excluding hydrogens is 451 g/mol. The standard InChI is InChI=1S/C27H27FN2O5/c28-24-13-11-21(12-14-24)18-30(35-19-22-9-5-2-6-10-22)25(31)16-23(27(34)29-17-26(32)33)15-20-7-3-1-4-8-20/h1-14,23H,15-19H2,(H,29,34)(H,32,33). The van der Waals surface area contributed by atoms with Gasteiger partial charge in [-0.15, -0.1) is 0 Å². The Hall–Kier alpha value is -4.04. The summed E-state index contributed by atoms with van der Waals surface area (Å²) in [4.78, 5) is 42.8. The van der Waals surface area contributed by atoms with Gasteiger partial charge in [0.25, 0.3) is 0 Å². The minimum atomic E-state index is -1.17. The normalized spacial score (nSPS) is 11.5. The number of rotatable bonds is 12. The Morgan fingerprint density at radius 3 is 2.06 bits per heavy atom. The van der Waals surface area contributed by atoms with Crippen molar-refractivity contribution >= 4 is 17.8 Å². The summed E-state index contributed by atoms with van der Waals surface area (Å²) >= 11 is 0. The quantitative estimate of drug-likeness (QED) is 0.387. The van der Waals surface area contributed by atoms with Gasteiger partial charge in [0.05, 0.1) is 12.5 Å². The predicted molar refractivity (Wildman–Crippen MR) is 127 cm³/mol. The Kier molecular flexibility index (Phi) is 9.50. The number of hydrogen-bond donors (Lipinski definition) is 2. The second kappa shape index (κ2) is 13.0. The van der Waals surface area contributed by atoms with Gasteiger partial charge in [-0.3, -0.25) is 19.2 Å². The minimum absolute atomic E-state index is 0.0563. The van der Waals surface area contributed by atoms with Crippen LogP contribution in [0.25, 0.3) is 0 Å². The fourth-order valence-electron chi connectivity index (χ4n) is 3.46.